The highest BCUT2D eigenvalue weighted by atomic mass is 32.1. The van der Waals surface area contributed by atoms with Gasteiger partial charge in [0.25, 0.3) is 0 Å². The van der Waals surface area contributed by atoms with E-state index in [-0.39, 0.29) is 0 Å². The third-order valence-electron chi connectivity index (χ3n) is 9.78. The van der Waals surface area contributed by atoms with Crippen molar-refractivity contribution >= 4 is 23.0 Å². The molecule has 2 aromatic rings. The molecule has 6 rings (SSSR count). The standard InChI is InChI=1S/C32H36N6O2S/c1-39-26-10-6-24(7-11-26)16-36-20-30(18-33)28-35-22-37(17-25-8-12-27(40-2)13-9-25)23-38(28)29(41)31(19-34,21-36)32(30)14-4-3-5-15-32/h6-13H,3-5,14-17,20-23H2,1-2H3/t30-,31-/m1/s1. The molecule has 0 amide bonds. The van der Waals surface area contributed by atoms with Crippen LogP contribution in [-0.4, -0.2) is 66.2 Å². The Bertz CT molecular complexity index is 1420. The van der Waals surface area contributed by atoms with Gasteiger partial charge in [0.1, 0.15) is 33.2 Å². The zero-order valence-corrected chi connectivity index (χ0v) is 24.6. The molecule has 3 aliphatic heterocycles. The molecule has 2 atom stereocenters. The minimum Gasteiger partial charge on any atom is -0.497 e. The maximum Gasteiger partial charge on any atom is 0.135 e. The molecule has 2 aromatic carbocycles. The number of nitriles is 2. The molecule has 1 aliphatic carbocycles. The van der Waals surface area contributed by atoms with Gasteiger partial charge in [0.05, 0.1) is 39.7 Å². The summed E-state index contributed by atoms with van der Waals surface area (Å²) in [6.45, 7) is 3.37. The summed E-state index contributed by atoms with van der Waals surface area (Å²) in [5.41, 5.74) is -0.146. The Balaban J connectivity index is 1.39. The van der Waals surface area contributed by atoms with Gasteiger partial charge in [0.15, 0.2) is 0 Å². The fraction of sp³-hybridized carbons (Fsp3) is 0.500. The average molecular weight is 569 g/mol. The highest BCUT2D eigenvalue weighted by molar-refractivity contribution is 7.80. The normalized spacial score (nSPS) is 27.4. The van der Waals surface area contributed by atoms with Crippen molar-refractivity contribution in [3.05, 3.63) is 59.7 Å². The van der Waals surface area contributed by atoms with Crippen molar-refractivity contribution in [1.82, 2.24) is 14.7 Å². The van der Waals surface area contributed by atoms with Crippen LogP contribution in [0.1, 0.15) is 43.2 Å². The van der Waals surface area contributed by atoms with E-state index >= 15 is 0 Å². The molecule has 41 heavy (non-hydrogen) atoms. The first-order valence-corrected chi connectivity index (χ1v) is 14.7. The Morgan fingerprint density at radius 1 is 0.805 bits per heavy atom. The quantitative estimate of drug-likeness (QED) is 0.452. The molecule has 3 heterocycles. The molecule has 0 unspecified atom stereocenters. The molecule has 8 nitrogen and oxygen atoms in total. The lowest BCUT2D eigenvalue weighted by atomic mass is 9.42. The number of nitrogens with zero attached hydrogens (tertiary/aromatic N) is 6. The van der Waals surface area contributed by atoms with Crippen molar-refractivity contribution in [2.75, 3.05) is 40.6 Å². The van der Waals surface area contributed by atoms with Gasteiger partial charge in [0.2, 0.25) is 0 Å². The molecule has 2 saturated heterocycles. The van der Waals surface area contributed by atoms with Crippen molar-refractivity contribution in [3.63, 3.8) is 0 Å². The third kappa shape index (κ3) is 4.22. The van der Waals surface area contributed by atoms with E-state index in [2.05, 4.69) is 46.2 Å². The third-order valence-corrected chi connectivity index (χ3v) is 10.4. The number of aliphatic imine (C=N–C) groups is 1. The number of thiocarbonyl (C=S) groups is 1. The summed E-state index contributed by atoms with van der Waals surface area (Å²) in [6, 6.07) is 21.7. The minimum atomic E-state index is -0.953. The fourth-order valence-electron chi connectivity index (χ4n) is 7.85. The molecule has 0 radical (unpaired) electrons. The van der Waals surface area contributed by atoms with Crippen LogP contribution in [0, 0.1) is 38.9 Å². The van der Waals surface area contributed by atoms with Crippen molar-refractivity contribution in [1.29, 1.82) is 10.5 Å². The Morgan fingerprint density at radius 2 is 1.34 bits per heavy atom. The number of likely N-dealkylation sites (tertiary alicyclic amines) is 1. The number of fused-ring (bicyclic) bond motifs is 2. The lowest BCUT2D eigenvalue weighted by molar-refractivity contribution is -0.0868. The first-order valence-electron chi connectivity index (χ1n) is 14.3. The Kier molecular flexibility index (Phi) is 7.23. The summed E-state index contributed by atoms with van der Waals surface area (Å²) in [5.74, 6) is 2.39. The van der Waals surface area contributed by atoms with Crippen LogP contribution in [0.15, 0.2) is 53.5 Å². The number of piperidine rings is 2. The molecule has 0 N–H and O–H groups in total. The van der Waals surface area contributed by atoms with Gasteiger partial charge in [-0.3, -0.25) is 14.8 Å². The summed E-state index contributed by atoms with van der Waals surface area (Å²) in [5, 5.41) is 22.3. The van der Waals surface area contributed by atoms with Crippen LogP contribution in [-0.2, 0) is 13.1 Å². The first kappa shape index (κ1) is 27.7. The molecule has 2 bridgehead atoms. The molecule has 0 aromatic heterocycles. The van der Waals surface area contributed by atoms with Gasteiger partial charge >= 0.3 is 0 Å². The van der Waals surface area contributed by atoms with E-state index in [4.69, 9.17) is 26.7 Å². The van der Waals surface area contributed by atoms with Crippen molar-refractivity contribution < 1.29 is 9.47 Å². The van der Waals surface area contributed by atoms with Crippen LogP contribution < -0.4 is 9.47 Å². The van der Waals surface area contributed by atoms with E-state index in [1.165, 1.54) is 0 Å². The molecule has 1 saturated carbocycles. The highest BCUT2D eigenvalue weighted by Gasteiger charge is 2.75. The summed E-state index contributed by atoms with van der Waals surface area (Å²) in [7, 11) is 3.32. The van der Waals surface area contributed by atoms with E-state index in [9.17, 15) is 10.5 Å². The average Bonchev–Trinajstić information content (AvgIpc) is 3.02. The van der Waals surface area contributed by atoms with Gasteiger partial charge < -0.3 is 14.4 Å². The monoisotopic (exact) mass is 568 g/mol. The molecule has 1 spiro atoms. The van der Waals surface area contributed by atoms with E-state index in [0.717, 1.165) is 60.6 Å². The van der Waals surface area contributed by atoms with Crippen LogP contribution in [0.25, 0.3) is 0 Å². The van der Waals surface area contributed by atoms with Crippen LogP contribution in [0.2, 0.25) is 0 Å². The fourth-order valence-corrected chi connectivity index (χ4v) is 8.30. The Morgan fingerprint density at radius 3 is 1.88 bits per heavy atom. The number of methoxy groups -OCH3 is 2. The van der Waals surface area contributed by atoms with E-state index in [1.807, 2.05) is 29.2 Å². The van der Waals surface area contributed by atoms with Crippen molar-refractivity contribution in [3.8, 4) is 23.6 Å². The number of hydrogen-bond donors (Lipinski definition) is 0. The maximum absolute atomic E-state index is 11.2. The van der Waals surface area contributed by atoms with Gasteiger partial charge in [0, 0.05) is 31.6 Å². The maximum atomic E-state index is 11.2. The predicted octanol–water partition coefficient (Wildman–Crippen LogP) is 4.96. The second-order valence-corrected chi connectivity index (χ2v) is 12.2. The zero-order chi connectivity index (χ0) is 28.7. The molecule has 9 heteroatoms. The van der Waals surface area contributed by atoms with Crippen molar-refractivity contribution in [2.45, 2.75) is 45.2 Å². The number of hydrogen-bond acceptors (Lipinski definition) is 8. The summed E-state index contributed by atoms with van der Waals surface area (Å²) in [6.07, 6.45) is 4.79. The van der Waals surface area contributed by atoms with Gasteiger partial charge in [-0.2, -0.15) is 10.5 Å². The van der Waals surface area contributed by atoms with Crippen LogP contribution in [0.3, 0.4) is 0 Å². The Hall–Kier alpha value is -3.50. The van der Waals surface area contributed by atoms with Gasteiger partial charge in [-0.15, -0.1) is 0 Å². The summed E-state index contributed by atoms with van der Waals surface area (Å²) in [4.78, 5) is 12.3. The van der Waals surface area contributed by atoms with E-state index in [1.54, 1.807) is 14.2 Å². The van der Waals surface area contributed by atoms with Crippen LogP contribution in [0.4, 0.5) is 0 Å². The second-order valence-electron chi connectivity index (χ2n) is 11.8. The second kappa shape index (κ2) is 10.7. The van der Waals surface area contributed by atoms with Crippen LogP contribution >= 0.6 is 12.2 Å². The molecular formula is C32H36N6O2S. The van der Waals surface area contributed by atoms with Crippen molar-refractivity contribution in [2.24, 2.45) is 21.2 Å². The molecule has 212 valence electrons. The SMILES string of the molecule is COc1ccc(CN2CN=C3N(C2)C(=S)[C@@]2(C#N)CN(Cc4ccc(OC)cc4)C[C@@]3(C#N)C23CCCCC3)cc1. The topological polar surface area (TPSA) is 88.1 Å². The molecule has 4 aliphatic rings. The first-order chi connectivity index (χ1) is 19.9. The summed E-state index contributed by atoms with van der Waals surface area (Å²) < 4.78 is 10.7. The van der Waals surface area contributed by atoms with Crippen LogP contribution in [0.5, 0.6) is 11.5 Å². The predicted molar refractivity (Wildman–Crippen MR) is 160 cm³/mol. The zero-order valence-electron chi connectivity index (χ0n) is 23.8. The molecular weight excluding hydrogens is 532 g/mol. The number of ether oxygens (including phenoxy) is 2. The number of rotatable bonds is 6. The smallest absolute Gasteiger partial charge is 0.135 e. The van der Waals surface area contributed by atoms with E-state index < -0.39 is 16.2 Å². The lowest BCUT2D eigenvalue weighted by Crippen LogP contribution is -2.79. The number of benzene rings is 2. The minimum absolute atomic E-state index is 0.484. The largest absolute Gasteiger partial charge is 0.497 e. The highest BCUT2D eigenvalue weighted by Crippen LogP contribution is 2.67. The number of amidine groups is 1. The van der Waals surface area contributed by atoms with Gasteiger partial charge in [-0.05, 0) is 48.2 Å². The lowest BCUT2D eigenvalue weighted by Gasteiger charge is -2.67. The van der Waals surface area contributed by atoms with E-state index in [0.29, 0.717) is 44.5 Å². The Labute approximate surface area is 247 Å². The van der Waals surface area contributed by atoms with Gasteiger partial charge in [-0.25, -0.2) is 0 Å². The molecule has 3 fully saturated rings. The summed E-state index contributed by atoms with van der Waals surface area (Å²) >= 11 is 6.30. The van der Waals surface area contributed by atoms with Gasteiger partial charge in [-0.1, -0.05) is 55.7 Å².